The van der Waals surface area contributed by atoms with Gasteiger partial charge in [-0.2, -0.15) is 0 Å². The van der Waals surface area contributed by atoms with E-state index in [1.54, 1.807) is 7.05 Å². The molecule has 2 N–H and O–H groups in total. The zero-order chi connectivity index (χ0) is 17.8. The highest BCUT2D eigenvalue weighted by Gasteiger charge is 2.13. The monoisotopic (exact) mass is 351 g/mol. The molecule has 0 bridgehead atoms. The van der Waals surface area contributed by atoms with Gasteiger partial charge in [0.25, 0.3) is 0 Å². The summed E-state index contributed by atoms with van der Waals surface area (Å²) in [4.78, 5) is 4.26. The summed E-state index contributed by atoms with van der Waals surface area (Å²) in [5.41, 5.74) is 2.03. The van der Waals surface area contributed by atoms with Crippen LogP contribution in [0.4, 0.5) is 0 Å². The van der Waals surface area contributed by atoms with Crippen molar-refractivity contribution in [2.75, 3.05) is 20.4 Å². The van der Waals surface area contributed by atoms with Gasteiger partial charge in [0.05, 0.1) is 0 Å². The quantitative estimate of drug-likeness (QED) is 0.546. The molecule has 1 aliphatic heterocycles. The Morgan fingerprint density at radius 3 is 2.81 bits per heavy atom. The Labute approximate surface area is 151 Å². The van der Waals surface area contributed by atoms with E-state index in [4.69, 9.17) is 13.9 Å². The van der Waals surface area contributed by atoms with Crippen molar-refractivity contribution in [3.63, 3.8) is 0 Å². The summed E-state index contributed by atoms with van der Waals surface area (Å²) in [5.74, 6) is 3.29. The number of para-hydroxylation sites is 1. The molecule has 134 valence electrons. The van der Waals surface area contributed by atoms with E-state index in [1.165, 1.54) is 0 Å². The molecule has 6 nitrogen and oxygen atoms in total. The molecule has 0 fully saturated rings. The van der Waals surface area contributed by atoms with E-state index in [1.807, 2.05) is 36.4 Å². The first-order chi connectivity index (χ1) is 12.8. The number of rotatable bonds is 5. The SMILES string of the molecule is CN=C(NCCc1cc2ccccc2o1)NCc1ccc2c(c1)OCO2. The van der Waals surface area contributed by atoms with Gasteiger partial charge in [-0.15, -0.1) is 0 Å². The average molecular weight is 351 g/mol. The number of benzene rings is 2. The first-order valence-corrected chi connectivity index (χ1v) is 8.62. The van der Waals surface area contributed by atoms with E-state index in [-0.39, 0.29) is 6.79 Å². The average Bonchev–Trinajstić information content (AvgIpc) is 3.30. The fourth-order valence-corrected chi connectivity index (χ4v) is 2.92. The number of hydrogen-bond donors (Lipinski definition) is 2. The number of furan rings is 1. The predicted molar refractivity (Wildman–Crippen MR) is 101 cm³/mol. The van der Waals surface area contributed by atoms with Crippen LogP contribution in [0.25, 0.3) is 11.0 Å². The third-order valence-corrected chi connectivity index (χ3v) is 4.26. The first kappa shape index (κ1) is 16.3. The number of hydrogen-bond acceptors (Lipinski definition) is 4. The van der Waals surface area contributed by atoms with Crippen LogP contribution in [0.5, 0.6) is 11.5 Å². The Bertz CT molecular complexity index is 900. The lowest BCUT2D eigenvalue weighted by molar-refractivity contribution is 0.174. The smallest absolute Gasteiger partial charge is 0.231 e. The summed E-state index contributed by atoms with van der Waals surface area (Å²) in [6, 6.07) is 16.0. The molecule has 0 aliphatic carbocycles. The molecule has 0 atom stereocenters. The second-order valence-corrected chi connectivity index (χ2v) is 6.04. The summed E-state index contributed by atoms with van der Waals surface area (Å²) in [6.45, 7) is 1.68. The molecule has 6 heteroatoms. The standard InChI is InChI=1S/C20H21N3O3/c1-21-20(23-12-14-6-7-18-19(10-14)25-13-24-18)22-9-8-16-11-15-4-2-3-5-17(15)26-16/h2-7,10-11H,8-9,12-13H2,1H3,(H2,21,22,23). The van der Waals surface area contributed by atoms with E-state index in [2.05, 4.69) is 27.8 Å². The van der Waals surface area contributed by atoms with E-state index < -0.39 is 0 Å². The predicted octanol–water partition coefficient (Wildman–Crippen LogP) is 3.07. The van der Waals surface area contributed by atoms with Gasteiger partial charge in [-0.25, -0.2) is 0 Å². The van der Waals surface area contributed by atoms with Crippen LogP contribution < -0.4 is 20.1 Å². The maximum absolute atomic E-state index is 5.83. The summed E-state index contributed by atoms with van der Waals surface area (Å²) < 4.78 is 16.6. The zero-order valence-corrected chi connectivity index (χ0v) is 14.6. The number of nitrogens with one attached hydrogen (secondary N) is 2. The third kappa shape index (κ3) is 3.59. The lowest BCUT2D eigenvalue weighted by atomic mass is 10.2. The maximum Gasteiger partial charge on any atom is 0.231 e. The number of fused-ring (bicyclic) bond motifs is 2. The van der Waals surface area contributed by atoms with E-state index in [9.17, 15) is 0 Å². The molecule has 1 aliphatic rings. The lowest BCUT2D eigenvalue weighted by Gasteiger charge is -2.11. The molecule has 0 amide bonds. The summed E-state index contributed by atoms with van der Waals surface area (Å²) in [7, 11) is 1.76. The van der Waals surface area contributed by atoms with Gasteiger partial charge < -0.3 is 24.5 Å². The van der Waals surface area contributed by atoms with Crippen LogP contribution in [0, 0.1) is 0 Å². The fraction of sp³-hybridized carbons (Fsp3) is 0.250. The Morgan fingerprint density at radius 1 is 1.04 bits per heavy atom. The highest BCUT2D eigenvalue weighted by Crippen LogP contribution is 2.32. The van der Waals surface area contributed by atoms with E-state index in [0.717, 1.165) is 52.7 Å². The number of guanidine groups is 1. The summed E-state index contributed by atoms with van der Waals surface area (Å²) in [6.07, 6.45) is 0.791. The van der Waals surface area contributed by atoms with Crippen molar-refractivity contribution in [2.24, 2.45) is 4.99 Å². The molecular formula is C20H21N3O3. The van der Waals surface area contributed by atoms with Crippen molar-refractivity contribution >= 4 is 16.9 Å². The van der Waals surface area contributed by atoms with Crippen molar-refractivity contribution in [2.45, 2.75) is 13.0 Å². The summed E-state index contributed by atoms with van der Waals surface area (Å²) in [5, 5.41) is 7.74. The van der Waals surface area contributed by atoms with Gasteiger partial charge in [-0.1, -0.05) is 24.3 Å². The van der Waals surface area contributed by atoms with Crippen LogP contribution in [0.2, 0.25) is 0 Å². The minimum atomic E-state index is 0.289. The van der Waals surface area contributed by atoms with Gasteiger partial charge in [0.15, 0.2) is 17.5 Å². The van der Waals surface area contributed by atoms with Crippen molar-refractivity contribution < 1.29 is 13.9 Å². The Morgan fingerprint density at radius 2 is 1.92 bits per heavy atom. The van der Waals surface area contributed by atoms with Crippen LogP contribution in [0.15, 0.2) is 57.9 Å². The molecule has 0 saturated carbocycles. The molecule has 1 aromatic heterocycles. The van der Waals surface area contributed by atoms with E-state index in [0.29, 0.717) is 6.54 Å². The fourth-order valence-electron chi connectivity index (χ4n) is 2.92. The molecule has 0 saturated heterocycles. The van der Waals surface area contributed by atoms with Crippen molar-refractivity contribution in [3.8, 4) is 11.5 Å². The second-order valence-electron chi connectivity index (χ2n) is 6.04. The summed E-state index contributed by atoms with van der Waals surface area (Å²) >= 11 is 0. The van der Waals surface area contributed by atoms with Gasteiger partial charge in [0.2, 0.25) is 6.79 Å². The Kier molecular flexibility index (Phi) is 4.64. The highest BCUT2D eigenvalue weighted by molar-refractivity contribution is 5.80. The Balaban J connectivity index is 1.28. The maximum atomic E-state index is 5.83. The van der Waals surface area contributed by atoms with Crippen LogP contribution >= 0.6 is 0 Å². The second kappa shape index (κ2) is 7.39. The van der Waals surface area contributed by atoms with Crippen molar-refractivity contribution in [1.82, 2.24) is 10.6 Å². The van der Waals surface area contributed by atoms with Crippen LogP contribution in [-0.4, -0.2) is 26.3 Å². The van der Waals surface area contributed by atoms with Crippen molar-refractivity contribution in [1.29, 1.82) is 0 Å². The van der Waals surface area contributed by atoms with Crippen LogP contribution in [0.3, 0.4) is 0 Å². The Hall–Kier alpha value is -3.15. The number of ether oxygens (including phenoxy) is 2. The van der Waals surface area contributed by atoms with Gasteiger partial charge in [-0.3, -0.25) is 4.99 Å². The molecule has 2 aromatic carbocycles. The van der Waals surface area contributed by atoms with Gasteiger partial charge >= 0.3 is 0 Å². The van der Waals surface area contributed by atoms with E-state index >= 15 is 0 Å². The van der Waals surface area contributed by atoms with Gasteiger partial charge in [0.1, 0.15) is 11.3 Å². The molecule has 0 spiro atoms. The molecule has 0 radical (unpaired) electrons. The molecule has 26 heavy (non-hydrogen) atoms. The first-order valence-electron chi connectivity index (χ1n) is 8.62. The normalized spacial score (nSPS) is 13.2. The molecule has 3 aromatic rings. The number of nitrogens with zero attached hydrogens (tertiary/aromatic N) is 1. The van der Waals surface area contributed by atoms with Gasteiger partial charge in [-0.05, 0) is 29.8 Å². The minimum Gasteiger partial charge on any atom is -0.461 e. The molecular weight excluding hydrogens is 330 g/mol. The third-order valence-electron chi connectivity index (χ3n) is 4.26. The molecule has 0 unspecified atom stereocenters. The van der Waals surface area contributed by atoms with Crippen molar-refractivity contribution in [3.05, 3.63) is 59.9 Å². The molecule has 4 rings (SSSR count). The molecule has 2 heterocycles. The topological polar surface area (TPSA) is 68.0 Å². The largest absolute Gasteiger partial charge is 0.461 e. The number of aliphatic imine (C=N–C) groups is 1. The highest BCUT2D eigenvalue weighted by atomic mass is 16.7. The van der Waals surface area contributed by atoms with Gasteiger partial charge in [0, 0.05) is 31.9 Å². The lowest BCUT2D eigenvalue weighted by Crippen LogP contribution is -2.37. The van der Waals surface area contributed by atoms with Crippen LogP contribution in [-0.2, 0) is 13.0 Å². The van der Waals surface area contributed by atoms with Crippen LogP contribution in [0.1, 0.15) is 11.3 Å². The zero-order valence-electron chi connectivity index (χ0n) is 14.6. The minimum absolute atomic E-state index is 0.289.